The van der Waals surface area contributed by atoms with Crippen LogP contribution in [0.5, 0.6) is 0 Å². The predicted octanol–water partition coefficient (Wildman–Crippen LogP) is 1.05. The van der Waals surface area contributed by atoms with Gasteiger partial charge in [-0.25, -0.2) is 8.42 Å². The van der Waals surface area contributed by atoms with Gasteiger partial charge in [-0.15, -0.1) is 11.6 Å². The van der Waals surface area contributed by atoms with Gasteiger partial charge in [-0.2, -0.15) is 9.40 Å². The number of halogens is 1. The smallest absolute Gasteiger partial charge is 0.260 e. The molecule has 1 rings (SSSR count). The molecular weight excluding hydrogens is 238 g/mol. The summed E-state index contributed by atoms with van der Waals surface area (Å²) in [7, 11) is -2.04. The highest BCUT2D eigenvalue weighted by Crippen LogP contribution is 2.22. The molecule has 5 nitrogen and oxygen atoms in total. The number of sulfonamides is 1. The lowest BCUT2D eigenvalue weighted by atomic mass is 10.1. The maximum absolute atomic E-state index is 12.0. The van der Waals surface area contributed by atoms with E-state index in [1.54, 1.807) is 13.8 Å². The highest BCUT2D eigenvalue weighted by atomic mass is 35.5. The summed E-state index contributed by atoms with van der Waals surface area (Å²) in [5.41, 5.74) is -0.633. The van der Waals surface area contributed by atoms with E-state index < -0.39 is 15.6 Å². The van der Waals surface area contributed by atoms with E-state index in [-0.39, 0.29) is 10.9 Å². The first kappa shape index (κ1) is 12.5. The van der Waals surface area contributed by atoms with Crippen molar-refractivity contribution in [2.24, 2.45) is 0 Å². The molecule has 1 heterocycles. The van der Waals surface area contributed by atoms with E-state index >= 15 is 0 Å². The van der Waals surface area contributed by atoms with Crippen molar-refractivity contribution in [1.29, 1.82) is 0 Å². The molecule has 7 heteroatoms. The van der Waals surface area contributed by atoms with E-state index in [9.17, 15) is 8.42 Å². The van der Waals surface area contributed by atoms with Crippen molar-refractivity contribution in [3.05, 3.63) is 12.3 Å². The SMILES string of the molecule is CN(C(C)(C)CCl)S(=O)(=O)c1ccn[nH]1. The molecule has 0 aliphatic rings. The van der Waals surface area contributed by atoms with Gasteiger partial charge in [0.15, 0.2) is 5.03 Å². The van der Waals surface area contributed by atoms with Gasteiger partial charge in [-0.3, -0.25) is 5.10 Å². The van der Waals surface area contributed by atoms with E-state index in [0.717, 1.165) is 0 Å². The van der Waals surface area contributed by atoms with Gasteiger partial charge < -0.3 is 0 Å². The summed E-state index contributed by atoms with van der Waals surface area (Å²) >= 11 is 5.72. The molecule has 0 fully saturated rings. The molecule has 0 saturated carbocycles. The van der Waals surface area contributed by atoms with Crippen LogP contribution in [-0.2, 0) is 10.0 Å². The van der Waals surface area contributed by atoms with Crippen molar-refractivity contribution < 1.29 is 8.42 Å². The Morgan fingerprint density at radius 2 is 2.20 bits per heavy atom. The Kier molecular flexibility index (Phi) is 3.42. The first-order chi connectivity index (χ1) is 6.82. The van der Waals surface area contributed by atoms with E-state index in [4.69, 9.17) is 11.6 Å². The van der Waals surface area contributed by atoms with Crippen LogP contribution in [0.4, 0.5) is 0 Å². The third-order valence-electron chi connectivity index (χ3n) is 2.29. The van der Waals surface area contributed by atoms with E-state index in [0.29, 0.717) is 0 Å². The van der Waals surface area contributed by atoms with Crippen LogP contribution in [0, 0.1) is 0 Å². The van der Waals surface area contributed by atoms with Crippen molar-refractivity contribution >= 4 is 21.6 Å². The lowest BCUT2D eigenvalue weighted by Gasteiger charge is -2.32. The molecule has 1 N–H and O–H groups in total. The molecule has 15 heavy (non-hydrogen) atoms. The van der Waals surface area contributed by atoms with Crippen molar-refractivity contribution in [1.82, 2.24) is 14.5 Å². The first-order valence-electron chi connectivity index (χ1n) is 4.37. The Bertz CT molecular complexity index is 413. The van der Waals surface area contributed by atoms with Gasteiger partial charge in [-0.05, 0) is 19.9 Å². The molecule has 1 aromatic rings. The Labute approximate surface area is 94.5 Å². The number of alkyl halides is 1. The molecule has 0 spiro atoms. The van der Waals surface area contributed by atoms with Crippen LogP contribution in [0.1, 0.15) is 13.8 Å². The second-order valence-electron chi connectivity index (χ2n) is 3.84. The van der Waals surface area contributed by atoms with Gasteiger partial charge >= 0.3 is 0 Å². The predicted molar refractivity (Wildman–Crippen MR) is 58.3 cm³/mol. The van der Waals surface area contributed by atoms with Gasteiger partial charge in [0.2, 0.25) is 0 Å². The minimum Gasteiger partial charge on any atom is -0.266 e. The number of hydrogen-bond donors (Lipinski definition) is 1. The minimum atomic E-state index is -3.53. The zero-order chi connectivity index (χ0) is 11.7. The largest absolute Gasteiger partial charge is 0.266 e. The topological polar surface area (TPSA) is 66.1 Å². The molecule has 0 saturated heterocycles. The van der Waals surface area contributed by atoms with Gasteiger partial charge in [-0.1, -0.05) is 0 Å². The van der Waals surface area contributed by atoms with E-state index in [1.165, 1.54) is 23.6 Å². The number of nitrogens with one attached hydrogen (secondary N) is 1. The second kappa shape index (κ2) is 4.11. The number of H-pyrrole nitrogens is 1. The van der Waals surface area contributed by atoms with E-state index in [2.05, 4.69) is 10.2 Å². The third kappa shape index (κ3) is 2.32. The highest BCUT2D eigenvalue weighted by molar-refractivity contribution is 7.89. The Hall–Kier alpha value is -0.590. The summed E-state index contributed by atoms with van der Waals surface area (Å²) in [6.45, 7) is 3.52. The van der Waals surface area contributed by atoms with E-state index in [1.807, 2.05) is 0 Å². The highest BCUT2D eigenvalue weighted by Gasteiger charge is 2.34. The average molecular weight is 252 g/mol. The average Bonchev–Trinajstić information content (AvgIpc) is 2.69. The molecule has 0 atom stereocenters. The number of aromatic nitrogens is 2. The zero-order valence-electron chi connectivity index (χ0n) is 8.86. The minimum absolute atomic E-state index is 0.0724. The third-order valence-corrected chi connectivity index (χ3v) is 4.95. The summed E-state index contributed by atoms with van der Waals surface area (Å²) in [6.07, 6.45) is 1.40. The normalized spacial score (nSPS) is 13.4. The molecular formula is C8H14ClN3O2S. The Morgan fingerprint density at radius 3 is 2.60 bits per heavy atom. The molecule has 0 bridgehead atoms. The summed E-state index contributed by atoms with van der Waals surface area (Å²) < 4.78 is 25.2. The molecule has 0 amide bonds. The maximum atomic E-state index is 12.0. The number of nitrogens with zero attached hydrogens (tertiary/aromatic N) is 2. The zero-order valence-corrected chi connectivity index (χ0v) is 10.4. The van der Waals surface area contributed by atoms with Crippen LogP contribution in [0.2, 0.25) is 0 Å². The lowest BCUT2D eigenvalue weighted by molar-refractivity contribution is 0.295. The van der Waals surface area contributed by atoms with Crippen LogP contribution in [0.15, 0.2) is 17.3 Å². The molecule has 1 aromatic heterocycles. The second-order valence-corrected chi connectivity index (χ2v) is 6.04. The van der Waals surface area contributed by atoms with Gasteiger partial charge in [0.1, 0.15) is 0 Å². The van der Waals surface area contributed by atoms with Crippen LogP contribution in [0.3, 0.4) is 0 Å². The summed E-state index contributed by atoms with van der Waals surface area (Å²) in [4.78, 5) is 0. The number of hydrogen-bond acceptors (Lipinski definition) is 3. The van der Waals surface area contributed by atoms with Crippen LogP contribution in [-0.4, -0.2) is 41.4 Å². The maximum Gasteiger partial charge on any atom is 0.260 e. The molecule has 0 aliphatic carbocycles. The van der Waals surface area contributed by atoms with Crippen molar-refractivity contribution in [2.45, 2.75) is 24.4 Å². The fourth-order valence-corrected chi connectivity index (χ4v) is 2.61. The Balaban J connectivity index is 3.09. The van der Waals surface area contributed by atoms with Gasteiger partial charge in [0.05, 0.1) is 6.20 Å². The van der Waals surface area contributed by atoms with Crippen LogP contribution >= 0.6 is 11.6 Å². The summed E-state index contributed by atoms with van der Waals surface area (Å²) in [5.74, 6) is 0.219. The van der Waals surface area contributed by atoms with Gasteiger partial charge in [0, 0.05) is 18.5 Å². The lowest BCUT2D eigenvalue weighted by Crippen LogP contribution is -2.46. The molecule has 0 unspecified atom stereocenters. The molecule has 0 aliphatic heterocycles. The van der Waals surface area contributed by atoms with Crippen LogP contribution in [0.25, 0.3) is 0 Å². The Morgan fingerprint density at radius 1 is 1.60 bits per heavy atom. The standard InChI is InChI=1S/C8H14ClN3O2S/c1-8(2,6-9)12(3)15(13,14)7-4-5-10-11-7/h4-5H,6H2,1-3H3,(H,10,11). The molecule has 86 valence electrons. The monoisotopic (exact) mass is 251 g/mol. The number of aromatic amines is 1. The van der Waals surface area contributed by atoms with Crippen LogP contribution < -0.4 is 0 Å². The quantitative estimate of drug-likeness (QED) is 0.814. The van der Waals surface area contributed by atoms with Crippen molar-refractivity contribution in [3.8, 4) is 0 Å². The summed E-state index contributed by atoms with van der Waals surface area (Å²) in [6, 6.07) is 1.41. The molecule has 0 radical (unpaired) electrons. The van der Waals surface area contributed by atoms with Crippen molar-refractivity contribution in [3.63, 3.8) is 0 Å². The number of rotatable bonds is 4. The first-order valence-corrected chi connectivity index (χ1v) is 6.34. The molecule has 0 aromatic carbocycles. The van der Waals surface area contributed by atoms with Crippen molar-refractivity contribution in [2.75, 3.05) is 12.9 Å². The summed E-state index contributed by atoms with van der Waals surface area (Å²) in [5, 5.41) is 6.12. The van der Waals surface area contributed by atoms with Gasteiger partial charge in [0.25, 0.3) is 10.0 Å². The fraction of sp³-hybridized carbons (Fsp3) is 0.625. The fourth-order valence-electron chi connectivity index (χ4n) is 0.944.